The first-order valence-corrected chi connectivity index (χ1v) is 6.98. The van der Waals surface area contributed by atoms with Crippen molar-refractivity contribution in [3.05, 3.63) is 34.4 Å². The van der Waals surface area contributed by atoms with Gasteiger partial charge in [-0.2, -0.15) is 0 Å². The number of nitro groups is 1. The van der Waals surface area contributed by atoms with Crippen molar-refractivity contribution < 1.29 is 19.6 Å². The molecule has 0 aliphatic rings. The second-order valence-electron chi connectivity index (χ2n) is 4.93. The minimum Gasteiger partial charge on any atom is -0.480 e. The molecule has 7 nitrogen and oxygen atoms in total. The molecule has 1 amide bonds. The third-order valence-corrected chi connectivity index (χ3v) is 3.81. The van der Waals surface area contributed by atoms with Crippen molar-refractivity contribution in [2.24, 2.45) is 0 Å². The Morgan fingerprint density at radius 1 is 1.33 bits per heavy atom. The van der Waals surface area contributed by atoms with Crippen molar-refractivity contribution in [1.29, 1.82) is 0 Å². The zero-order valence-corrected chi connectivity index (χ0v) is 12.6. The molecule has 1 aromatic carbocycles. The van der Waals surface area contributed by atoms with E-state index in [0.717, 1.165) is 0 Å². The van der Waals surface area contributed by atoms with Gasteiger partial charge in [-0.05, 0) is 32.9 Å². The van der Waals surface area contributed by atoms with E-state index in [4.69, 9.17) is 5.11 Å². The summed E-state index contributed by atoms with van der Waals surface area (Å²) >= 11 is 1.20. The van der Waals surface area contributed by atoms with Crippen molar-refractivity contribution in [1.82, 2.24) is 5.32 Å². The van der Waals surface area contributed by atoms with Crippen LogP contribution in [-0.2, 0) is 9.59 Å². The number of nitro benzene ring substituents is 1. The summed E-state index contributed by atoms with van der Waals surface area (Å²) in [6.07, 6.45) is 0. The Labute approximate surface area is 125 Å². The highest BCUT2D eigenvalue weighted by atomic mass is 32.2. The Morgan fingerprint density at radius 3 is 2.29 bits per heavy atom. The van der Waals surface area contributed by atoms with Gasteiger partial charge < -0.3 is 10.4 Å². The van der Waals surface area contributed by atoms with Crippen LogP contribution < -0.4 is 5.32 Å². The standard InChI is InChI=1S/C13H16N2O5S/c1-8(11(16)14-13(2,3)12(17)18)21-10-6-4-9(5-7-10)15(19)20/h4-8H,1-3H3,(H,14,16)(H,17,18). The van der Waals surface area contributed by atoms with Gasteiger partial charge in [0.15, 0.2) is 0 Å². The summed E-state index contributed by atoms with van der Waals surface area (Å²) in [5.41, 5.74) is -1.37. The Morgan fingerprint density at radius 2 is 1.86 bits per heavy atom. The lowest BCUT2D eigenvalue weighted by atomic mass is 10.1. The van der Waals surface area contributed by atoms with Crippen LogP contribution in [0.25, 0.3) is 0 Å². The maximum absolute atomic E-state index is 11.9. The van der Waals surface area contributed by atoms with E-state index in [0.29, 0.717) is 4.90 Å². The monoisotopic (exact) mass is 312 g/mol. The highest BCUT2D eigenvalue weighted by molar-refractivity contribution is 8.00. The van der Waals surface area contributed by atoms with Crippen LogP contribution in [0.3, 0.4) is 0 Å². The maximum Gasteiger partial charge on any atom is 0.328 e. The number of hydrogen-bond donors (Lipinski definition) is 2. The largest absolute Gasteiger partial charge is 0.480 e. The van der Waals surface area contributed by atoms with E-state index in [-0.39, 0.29) is 5.69 Å². The normalized spacial score (nSPS) is 12.5. The van der Waals surface area contributed by atoms with Crippen LogP contribution in [0.2, 0.25) is 0 Å². The number of carbonyl (C=O) groups excluding carboxylic acids is 1. The number of rotatable bonds is 6. The van der Waals surface area contributed by atoms with Gasteiger partial charge in [-0.1, -0.05) is 0 Å². The average Bonchev–Trinajstić information content (AvgIpc) is 2.38. The molecule has 0 aromatic heterocycles. The first-order valence-electron chi connectivity index (χ1n) is 6.10. The fourth-order valence-electron chi connectivity index (χ4n) is 1.37. The minimum absolute atomic E-state index is 0.0246. The molecule has 0 bridgehead atoms. The molecular weight excluding hydrogens is 296 g/mol. The molecule has 0 radical (unpaired) electrons. The summed E-state index contributed by atoms with van der Waals surface area (Å²) in [5.74, 6) is -1.53. The number of carbonyl (C=O) groups is 2. The molecule has 0 aliphatic heterocycles. The lowest BCUT2D eigenvalue weighted by Crippen LogP contribution is -2.51. The zero-order valence-electron chi connectivity index (χ0n) is 11.8. The molecule has 0 aliphatic carbocycles. The van der Waals surface area contributed by atoms with E-state index in [1.807, 2.05) is 0 Å². The number of nitrogens with one attached hydrogen (secondary N) is 1. The van der Waals surface area contributed by atoms with E-state index >= 15 is 0 Å². The number of aliphatic carboxylic acids is 1. The fraction of sp³-hybridized carbons (Fsp3) is 0.385. The fourth-order valence-corrected chi connectivity index (χ4v) is 2.23. The SMILES string of the molecule is CC(Sc1ccc([N+](=O)[O-])cc1)C(=O)NC(C)(C)C(=O)O. The predicted octanol–water partition coefficient (Wildman–Crippen LogP) is 2.05. The van der Waals surface area contributed by atoms with Crippen LogP contribution >= 0.6 is 11.8 Å². The lowest BCUT2D eigenvalue weighted by Gasteiger charge is -2.23. The Hall–Kier alpha value is -2.09. The number of carboxylic acids is 1. The van der Waals surface area contributed by atoms with Gasteiger partial charge in [-0.15, -0.1) is 11.8 Å². The molecule has 0 fully saturated rings. The molecule has 2 N–H and O–H groups in total. The highest BCUT2D eigenvalue weighted by Gasteiger charge is 2.30. The third-order valence-electron chi connectivity index (χ3n) is 2.70. The molecule has 0 saturated carbocycles. The van der Waals surface area contributed by atoms with Crippen molar-refractivity contribution in [3.8, 4) is 0 Å². The van der Waals surface area contributed by atoms with Crippen molar-refractivity contribution >= 4 is 29.3 Å². The van der Waals surface area contributed by atoms with Gasteiger partial charge in [0.1, 0.15) is 5.54 Å². The first-order chi connectivity index (χ1) is 9.63. The number of benzene rings is 1. The topological polar surface area (TPSA) is 110 Å². The van der Waals surface area contributed by atoms with Crippen molar-refractivity contribution in [2.45, 2.75) is 36.5 Å². The molecule has 1 rings (SSSR count). The second-order valence-corrected chi connectivity index (χ2v) is 6.34. The molecule has 0 heterocycles. The Kier molecular flexibility index (Phi) is 5.31. The first kappa shape index (κ1) is 17.0. The van der Waals surface area contributed by atoms with Gasteiger partial charge >= 0.3 is 5.97 Å². The van der Waals surface area contributed by atoms with Crippen molar-refractivity contribution in [3.63, 3.8) is 0 Å². The minimum atomic E-state index is -1.35. The molecule has 114 valence electrons. The van der Waals surface area contributed by atoms with Crippen LogP contribution in [0.5, 0.6) is 0 Å². The van der Waals surface area contributed by atoms with Crippen LogP contribution in [0, 0.1) is 10.1 Å². The number of amides is 1. The van der Waals surface area contributed by atoms with Gasteiger partial charge in [0, 0.05) is 17.0 Å². The molecule has 1 unspecified atom stereocenters. The number of non-ortho nitro benzene ring substituents is 1. The van der Waals surface area contributed by atoms with Crippen LogP contribution in [0.1, 0.15) is 20.8 Å². The lowest BCUT2D eigenvalue weighted by molar-refractivity contribution is -0.384. The number of carboxylic acid groups (broad SMARTS) is 1. The van der Waals surface area contributed by atoms with Gasteiger partial charge in [-0.25, -0.2) is 4.79 Å². The van der Waals surface area contributed by atoms with Crippen molar-refractivity contribution in [2.75, 3.05) is 0 Å². The summed E-state index contributed by atoms with van der Waals surface area (Å²) in [6.45, 7) is 4.44. The summed E-state index contributed by atoms with van der Waals surface area (Å²) < 4.78 is 0. The summed E-state index contributed by atoms with van der Waals surface area (Å²) in [6, 6.07) is 5.81. The molecule has 1 aromatic rings. The van der Waals surface area contributed by atoms with E-state index in [1.165, 1.54) is 37.7 Å². The zero-order chi connectivity index (χ0) is 16.2. The molecular formula is C13H16N2O5S. The molecule has 21 heavy (non-hydrogen) atoms. The predicted molar refractivity (Wildman–Crippen MR) is 78.3 cm³/mol. The van der Waals surface area contributed by atoms with E-state index in [9.17, 15) is 19.7 Å². The van der Waals surface area contributed by atoms with Crippen LogP contribution in [0.4, 0.5) is 5.69 Å². The Balaban J connectivity index is 2.68. The van der Waals surface area contributed by atoms with Gasteiger partial charge in [0.25, 0.3) is 5.69 Å². The Bertz CT molecular complexity index is 556. The molecule has 0 saturated heterocycles. The molecule has 1 atom stereocenters. The van der Waals surface area contributed by atoms with Gasteiger partial charge in [0.2, 0.25) is 5.91 Å². The molecule has 0 spiro atoms. The smallest absolute Gasteiger partial charge is 0.328 e. The number of thioether (sulfide) groups is 1. The van der Waals surface area contributed by atoms with Crippen LogP contribution in [0.15, 0.2) is 29.2 Å². The third kappa shape index (κ3) is 4.75. The van der Waals surface area contributed by atoms with Gasteiger partial charge in [0.05, 0.1) is 10.2 Å². The summed E-state index contributed by atoms with van der Waals surface area (Å²) in [4.78, 5) is 33.6. The second kappa shape index (κ2) is 6.57. The van der Waals surface area contributed by atoms with Gasteiger partial charge in [-0.3, -0.25) is 14.9 Å². The quantitative estimate of drug-likeness (QED) is 0.472. The van der Waals surface area contributed by atoms with Crippen LogP contribution in [-0.4, -0.2) is 32.7 Å². The van der Waals surface area contributed by atoms with E-state index in [2.05, 4.69) is 5.32 Å². The molecule has 8 heteroatoms. The summed E-state index contributed by atoms with van der Waals surface area (Å²) in [5, 5.41) is 21.4. The number of nitrogens with zero attached hydrogens (tertiary/aromatic N) is 1. The summed E-state index contributed by atoms with van der Waals surface area (Å²) in [7, 11) is 0. The van der Waals surface area contributed by atoms with E-state index < -0.39 is 27.6 Å². The van der Waals surface area contributed by atoms with E-state index in [1.54, 1.807) is 19.1 Å². The number of hydrogen-bond acceptors (Lipinski definition) is 5. The average molecular weight is 312 g/mol. The highest BCUT2D eigenvalue weighted by Crippen LogP contribution is 2.25. The maximum atomic E-state index is 11.9.